The highest BCUT2D eigenvalue weighted by Crippen LogP contribution is 2.23. The Kier molecular flexibility index (Phi) is 7.35. The largest absolute Gasteiger partial charge is 0.449 e. The SMILES string of the molecule is CC(OC(=O)c1ccc(Cl)c(S(C)(=O)=O)c1)C(=O)N1CCN(Cc2ccccc2)CC1. The van der Waals surface area contributed by atoms with Crippen molar-refractivity contribution in [3.05, 3.63) is 64.7 Å². The van der Waals surface area contributed by atoms with Crippen molar-refractivity contribution in [2.45, 2.75) is 24.5 Å². The first-order valence-electron chi connectivity index (χ1n) is 9.91. The van der Waals surface area contributed by atoms with E-state index in [0.29, 0.717) is 13.1 Å². The summed E-state index contributed by atoms with van der Waals surface area (Å²) in [4.78, 5) is 29.0. The molecule has 1 heterocycles. The maximum Gasteiger partial charge on any atom is 0.338 e. The van der Waals surface area contributed by atoms with Crippen LogP contribution in [-0.4, -0.2) is 68.6 Å². The highest BCUT2D eigenvalue weighted by Gasteiger charge is 2.28. The number of ether oxygens (including phenoxy) is 1. The average molecular weight is 465 g/mol. The van der Waals surface area contributed by atoms with Gasteiger partial charge in [-0.2, -0.15) is 0 Å². The molecule has 0 bridgehead atoms. The minimum absolute atomic E-state index is 0.0246. The van der Waals surface area contributed by atoms with Gasteiger partial charge in [0, 0.05) is 39.0 Å². The molecule has 0 radical (unpaired) electrons. The number of benzene rings is 2. The number of halogens is 1. The molecule has 0 N–H and O–H groups in total. The van der Waals surface area contributed by atoms with Crippen molar-refractivity contribution in [2.24, 2.45) is 0 Å². The molecule has 1 saturated heterocycles. The Morgan fingerprint density at radius 3 is 2.32 bits per heavy atom. The lowest BCUT2D eigenvalue weighted by atomic mass is 10.2. The number of hydrogen-bond donors (Lipinski definition) is 0. The average Bonchev–Trinajstić information content (AvgIpc) is 2.74. The molecular weight excluding hydrogens is 440 g/mol. The van der Waals surface area contributed by atoms with Crippen LogP contribution >= 0.6 is 11.6 Å². The number of amides is 1. The molecule has 0 saturated carbocycles. The molecule has 2 aromatic rings. The van der Waals surface area contributed by atoms with Crippen LogP contribution in [0.3, 0.4) is 0 Å². The zero-order chi connectivity index (χ0) is 22.6. The van der Waals surface area contributed by atoms with Crippen molar-refractivity contribution in [1.82, 2.24) is 9.80 Å². The monoisotopic (exact) mass is 464 g/mol. The van der Waals surface area contributed by atoms with Gasteiger partial charge in [-0.1, -0.05) is 41.9 Å². The second kappa shape index (κ2) is 9.80. The molecule has 166 valence electrons. The maximum atomic E-state index is 12.7. The molecule has 0 aromatic heterocycles. The second-order valence-electron chi connectivity index (χ2n) is 7.55. The molecule has 1 amide bonds. The minimum atomic E-state index is -3.60. The third-order valence-corrected chi connectivity index (χ3v) is 6.71. The summed E-state index contributed by atoms with van der Waals surface area (Å²) in [6, 6.07) is 14.0. The topological polar surface area (TPSA) is 84.0 Å². The Hall–Kier alpha value is -2.42. The van der Waals surface area contributed by atoms with E-state index in [1.165, 1.54) is 30.7 Å². The van der Waals surface area contributed by atoms with Crippen LogP contribution in [0.5, 0.6) is 0 Å². The Morgan fingerprint density at radius 1 is 1.06 bits per heavy atom. The third-order valence-electron chi connectivity index (χ3n) is 5.13. The van der Waals surface area contributed by atoms with Gasteiger partial charge in [0.1, 0.15) is 0 Å². The van der Waals surface area contributed by atoms with Crippen LogP contribution in [0, 0.1) is 0 Å². The van der Waals surface area contributed by atoms with Crippen molar-refractivity contribution in [2.75, 3.05) is 32.4 Å². The van der Waals surface area contributed by atoms with Crippen LogP contribution < -0.4 is 0 Å². The van der Waals surface area contributed by atoms with Gasteiger partial charge in [0.25, 0.3) is 5.91 Å². The van der Waals surface area contributed by atoms with Crippen LogP contribution in [-0.2, 0) is 25.9 Å². The third kappa shape index (κ3) is 6.06. The van der Waals surface area contributed by atoms with E-state index in [-0.39, 0.29) is 21.4 Å². The quantitative estimate of drug-likeness (QED) is 0.611. The molecule has 3 rings (SSSR count). The molecule has 0 spiro atoms. The first-order chi connectivity index (χ1) is 14.6. The van der Waals surface area contributed by atoms with Gasteiger partial charge in [-0.25, -0.2) is 13.2 Å². The summed E-state index contributed by atoms with van der Waals surface area (Å²) in [7, 11) is -3.60. The zero-order valence-corrected chi connectivity index (χ0v) is 19.0. The van der Waals surface area contributed by atoms with E-state index in [0.717, 1.165) is 25.9 Å². The van der Waals surface area contributed by atoms with Gasteiger partial charge < -0.3 is 9.64 Å². The summed E-state index contributed by atoms with van der Waals surface area (Å²) in [5, 5.41) is 0.0246. The van der Waals surface area contributed by atoms with Crippen molar-refractivity contribution in [3.8, 4) is 0 Å². The van der Waals surface area contributed by atoms with Crippen LogP contribution in [0.25, 0.3) is 0 Å². The highest BCUT2D eigenvalue weighted by molar-refractivity contribution is 7.90. The Balaban J connectivity index is 1.56. The first-order valence-corrected chi connectivity index (χ1v) is 12.2. The number of hydrogen-bond acceptors (Lipinski definition) is 6. The number of carbonyl (C=O) groups excluding carboxylic acids is 2. The fourth-order valence-corrected chi connectivity index (χ4v) is 4.72. The van der Waals surface area contributed by atoms with Gasteiger partial charge in [0.2, 0.25) is 0 Å². The summed E-state index contributed by atoms with van der Waals surface area (Å²) in [6.45, 7) is 4.91. The van der Waals surface area contributed by atoms with Gasteiger partial charge in [0.15, 0.2) is 15.9 Å². The molecule has 1 fully saturated rings. The van der Waals surface area contributed by atoms with E-state index in [4.69, 9.17) is 16.3 Å². The molecule has 1 aliphatic rings. The predicted molar refractivity (Wildman–Crippen MR) is 118 cm³/mol. The Labute approximate surface area is 187 Å². The molecule has 1 unspecified atom stereocenters. The lowest BCUT2D eigenvalue weighted by molar-refractivity contribution is -0.141. The van der Waals surface area contributed by atoms with Gasteiger partial charge in [-0.15, -0.1) is 0 Å². The Bertz CT molecular complexity index is 1050. The first kappa shape index (κ1) is 23.2. The Morgan fingerprint density at radius 2 is 1.71 bits per heavy atom. The number of nitrogens with zero attached hydrogens (tertiary/aromatic N) is 2. The second-order valence-corrected chi connectivity index (χ2v) is 9.94. The standard InChI is InChI=1S/C22H25ClN2O5S/c1-16(30-22(27)18-8-9-19(23)20(14-18)31(2,28)29)21(26)25-12-10-24(11-13-25)15-17-6-4-3-5-7-17/h3-9,14,16H,10-13,15H2,1-2H3. The fourth-order valence-electron chi connectivity index (χ4n) is 3.42. The fraction of sp³-hybridized carbons (Fsp3) is 0.364. The number of piperazine rings is 1. The number of rotatable bonds is 6. The minimum Gasteiger partial charge on any atom is -0.449 e. The maximum absolute atomic E-state index is 12.7. The van der Waals surface area contributed by atoms with E-state index in [9.17, 15) is 18.0 Å². The van der Waals surface area contributed by atoms with Gasteiger partial charge in [0.05, 0.1) is 15.5 Å². The molecule has 0 aliphatic carbocycles. The summed E-state index contributed by atoms with van der Waals surface area (Å²) >= 11 is 5.91. The molecule has 1 atom stereocenters. The zero-order valence-electron chi connectivity index (χ0n) is 17.5. The summed E-state index contributed by atoms with van der Waals surface area (Å²) in [6.07, 6.45) is 0.0259. The highest BCUT2D eigenvalue weighted by atomic mass is 35.5. The number of carbonyl (C=O) groups is 2. The van der Waals surface area contributed by atoms with Crippen molar-refractivity contribution < 1.29 is 22.7 Å². The molecule has 31 heavy (non-hydrogen) atoms. The van der Waals surface area contributed by atoms with Crippen LogP contribution in [0.15, 0.2) is 53.4 Å². The van der Waals surface area contributed by atoms with Crippen molar-refractivity contribution in [1.29, 1.82) is 0 Å². The van der Waals surface area contributed by atoms with E-state index in [2.05, 4.69) is 17.0 Å². The van der Waals surface area contributed by atoms with Gasteiger partial charge in [-0.05, 0) is 30.7 Å². The van der Waals surface area contributed by atoms with Crippen molar-refractivity contribution >= 4 is 33.3 Å². The normalized spacial score (nSPS) is 16.0. The van der Waals surface area contributed by atoms with E-state index < -0.39 is 21.9 Å². The smallest absolute Gasteiger partial charge is 0.338 e. The van der Waals surface area contributed by atoms with Crippen LogP contribution in [0.2, 0.25) is 5.02 Å². The summed E-state index contributed by atoms with van der Waals surface area (Å²) in [5.41, 5.74) is 1.25. The lowest BCUT2D eigenvalue weighted by Gasteiger charge is -2.35. The number of sulfone groups is 1. The summed E-state index contributed by atoms with van der Waals surface area (Å²) in [5.74, 6) is -1.05. The number of esters is 1. The van der Waals surface area contributed by atoms with Crippen LogP contribution in [0.4, 0.5) is 0 Å². The molecule has 9 heteroatoms. The predicted octanol–water partition coefficient (Wildman–Crippen LogP) is 2.63. The lowest BCUT2D eigenvalue weighted by Crippen LogP contribution is -2.51. The van der Waals surface area contributed by atoms with E-state index >= 15 is 0 Å². The molecule has 2 aromatic carbocycles. The van der Waals surface area contributed by atoms with E-state index in [1.807, 2.05) is 18.2 Å². The molecule has 7 nitrogen and oxygen atoms in total. The molecule has 1 aliphatic heterocycles. The van der Waals surface area contributed by atoms with Crippen LogP contribution in [0.1, 0.15) is 22.8 Å². The van der Waals surface area contributed by atoms with E-state index in [1.54, 1.807) is 4.90 Å². The van der Waals surface area contributed by atoms with Crippen molar-refractivity contribution in [3.63, 3.8) is 0 Å². The summed E-state index contributed by atoms with van der Waals surface area (Å²) < 4.78 is 28.9. The van der Waals surface area contributed by atoms with Gasteiger partial charge >= 0.3 is 5.97 Å². The van der Waals surface area contributed by atoms with Gasteiger partial charge in [-0.3, -0.25) is 9.69 Å². The molecular formula is C22H25ClN2O5S.